The van der Waals surface area contributed by atoms with Crippen LogP contribution in [0.1, 0.15) is 16.7 Å². The molecule has 0 aliphatic rings. The van der Waals surface area contributed by atoms with Crippen molar-refractivity contribution in [2.45, 2.75) is 5.54 Å². The summed E-state index contributed by atoms with van der Waals surface area (Å²) in [4.78, 5) is 4.28. The van der Waals surface area contributed by atoms with Crippen molar-refractivity contribution in [2.75, 3.05) is 5.32 Å². The summed E-state index contributed by atoms with van der Waals surface area (Å²) in [5.41, 5.74) is 3.48. The van der Waals surface area contributed by atoms with E-state index >= 15 is 0 Å². The molecule has 3 heteroatoms. The van der Waals surface area contributed by atoms with E-state index in [1.54, 1.807) is 6.20 Å². The number of rotatable bonds is 5. The predicted molar refractivity (Wildman–Crippen MR) is 112 cm³/mol. The molecule has 132 valence electrons. The zero-order valence-corrected chi connectivity index (χ0v) is 15.5. The number of hydrogen-bond acceptors (Lipinski definition) is 2. The minimum absolute atomic E-state index is 0.649. The van der Waals surface area contributed by atoms with Crippen LogP contribution in [0.15, 0.2) is 109 Å². The lowest BCUT2D eigenvalue weighted by atomic mass is 9.76. The summed E-state index contributed by atoms with van der Waals surface area (Å²) in [5.74, 6) is 0. The second-order valence-electron chi connectivity index (χ2n) is 6.33. The number of aromatic nitrogens is 1. The molecule has 0 bridgehead atoms. The molecule has 0 saturated heterocycles. The van der Waals surface area contributed by atoms with Gasteiger partial charge in [-0.1, -0.05) is 90.5 Å². The summed E-state index contributed by atoms with van der Waals surface area (Å²) in [6, 6.07) is 32.7. The Kier molecular flexibility index (Phi) is 4.91. The van der Waals surface area contributed by atoms with Gasteiger partial charge in [-0.15, -0.1) is 0 Å². The van der Waals surface area contributed by atoms with Gasteiger partial charge >= 0.3 is 0 Å². The van der Waals surface area contributed by atoms with Crippen LogP contribution in [0.5, 0.6) is 0 Å². The van der Waals surface area contributed by atoms with Crippen molar-refractivity contribution in [3.05, 3.63) is 131 Å². The molecule has 0 radical (unpaired) electrons. The minimum Gasteiger partial charge on any atom is -0.367 e. The van der Waals surface area contributed by atoms with E-state index in [9.17, 15) is 0 Å². The summed E-state index contributed by atoms with van der Waals surface area (Å²) < 4.78 is 0. The predicted octanol–water partition coefficient (Wildman–Crippen LogP) is 6.14. The molecule has 1 heterocycles. The molecule has 0 fully saturated rings. The second-order valence-corrected chi connectivity index (χ2v) is 6.74. The molecule has 0 aliphatic carbocycles. The number of hydrogen-bond donors (Lipinski definition) is 1. The van der Waals surface area contributed by atoms with Gasteiger partial charge < -0.3 is 5.32 Å². The maximum absolute atomic E-state index is 6.72. The number of halogens is 1. The number of nitrogens with zero attached hydrogens (tertiary/aromatic N) is 1. The Morgan fingerprint density at radius 2 is 1.26 bits per heavy atom. The van der Waals surface area contributed by atoms with Crippen molar-refractivity contribution in [3.8, 4) is 0 Å². The van der Waals surface area contributed by atoms with E-state index in [1.807, 2.05) is 48.7 Å². The van der Waals surface area contributed by atoms with Crippen LogP contribution in [0.4, 0.5) is 5.69 Å². The highest BCUT2D eigenvalue weighted by Gasteiger charge is 2.37. The fourth-order valence-electron chi connectivity index (χ4n) is 3.48. The molecule has 0 spiro atoms. The third-order valence-corrected chi connectivity index (χ3v) is 5.01. The Morgan fingerprint density at radius 1 is 0.667 bits per heavy atom. The first-order chi connectivity index (χ1) is 13.3. The summed E-state index contributed by atoms with van der Waals surface area (Å²) in [6.07, 6.45) is 3.60. The molecule has 4 aromatic rings. The van der Waals surface area contributed by atoms with E-state index in [0.29, 0.717) is 5.02 Å². The van der Waals surface area contributed by atoms with Gasteiger partial charge in [0.1, 0.15) is 5.54 Å². The first-order valence-corrected chi connectivity index (χ1v) is 9.23. The number of pyridine rings is 1. The second kappa shape index (κ2) is 7.65. The molecule has 4 rings (SSSR count). The Morgan fingerprint density at radius 3 is 1.81 bits per heavy atom. The van der Waals surface area contributed by atoms with Gasteiger partial charge in [-0.3, -0.25) is 4.98 Å². The van der Waals surface area contributed by atoms with Crippen molar-refractivity contribution >= 4 is 17.3 Å². The van der Waals surface area contributed by atoms with Gasteiger partial charge in [-0.05, 0) is 29.3 Å². The van der Waals surface area contributed by atoms with Gasteiger partial charge in [0.05, 0.1) is 5.69 Å². The first-order valence-electron chi connectivity index (χ1n) is 8.85. The van der Waals surface area contributed by atoms with E-state index in [2.05, 4.69) is 64.9 Å². The molecule has 3 aromatic carbocycles. The van der Waals surface area contributed by atoms with Gasteiger partial charge in [-0.2, -0.15) is 0 Å². The number of anilines is 1. The SMILES string of the molecule is Clc1ccccc1C(Nc1cccnc1)(c1ccccc1)c1ccccc1. The van der Waals surface area contributed by atoms with Crippen LogP contribution < -0.4 is 5.32 Å². The maximum Gasteiger partial charge on any atom is 0.115 e. The van der Waals surface area contributed by atoms with Crippen LogP contribution in [0, 0.1) is 0 Å². The van der Waals surface area contributed by atoms with Crippen molar-refractivity contribution in [2.24, 2.45) is 0 Å². The van der Waals surface area contributed by atoms with Crippen molar-refractivity contribution < 1.29 is 0 Å². The van der Waals surface area contributed by atoms with E-state index in [0.717, 1.165) is 22.4 Å². The summed E-state index contributed by atoms with van der Waals surface area (Å²) in [5, 5.41) is 4.45. The zero-order valence-electron chi connectivity index (χ0n) is 14.7. The summed E-state index contributed by atoms with van der Waals surface area (Å²) in [7, 11) is 0. The first kappa shape index (κ1) is 17.3. The van der Waals surface area contributed by atoms with Crippen LogP contribution in [-0.2, 0) is 5.54 Å². The normalized spacial score (nSPS) is 11.1. The zero-order chi connectivity index (χ0) is 18.5. The molecule has 0 amide bonds. The van der Waals surface area contributed by atoms with Gasteiger partial charge in [0.2, 0.25) is 0 Å². The smallest absolute Gasteiger partial charge is 0.115 e. The lowest BCUT2D eigenvalue weighted by Gasteiger charge is -2.38. The largest absolute Gasteiger partial charge is 0.367 e. The maximum atomic E-state index is 6.72. The van der Waals surface area contributed by atoms with E-state index < -0.39 is 5.54 Å². The van der Waals surface area contributed by atoms with E-state index in [-0.39, 0.29) is 0 Å². The lowest BCUT2D eigenvalue weighted by molar-refractivity contribution is 0.711. The Labute approximate surface area is 164 Å². The molecular formula is C24H19ClN2. The van der Waals surface area contributed by atoms with Gasteiger partial charge in [0.15, 0.2) is 0 Å². The number of nitrogens with one attached hydrogen (secondary N) is 1. The molecular weight excluding hydrogens is 352 g/mol. The lowest BCUT2D eigenvalue weighted by Crippen LogP contribution is -2.38. The molecule has 0 unspecified atom stereocenters. The average Bonchev–Trinajstić information content (AvgIpc) is 2.75. The Bertz CT molecular complexity index is 962. The summed E-state index contributed by atoms with van der Waals surface area (Å²) >= 11 is 6.72. The molecule has 2 nitrogen and oxygen atoms in total. The van der Waals surface area contributed by atoms with Crippen molar-refractivity contribution in [1.29, 1.82) is 0 Å². The van der Waals surface area contributed by atoms with Crippen LogP contribution in [0.3, 0.4) is 0 Å². The topological polar surface area (TPSA) is 24.9 Å². The van der Waals surface area contributed by atoms with Gasteiger partial charge in [0, 0.05) is 23.0 Å². The molecule has 1 N–H and O–H groups in total. The fraction of sp³-hybridized carbons (Fsp3) is 0.0417. The van der Waals surface area contributed by atoms with Crippen LogP contribution in [0.25, 0.3) is 0 Å². The Balaban J connectivity index is 2.04. The highest BCUT2D eigenvalue weighted by Crippen LogP contribution is 2.42. The highest BCUT2D eigenvalue weighted by atomic mass is 35.5. The van der Waals surface area contributed by atoms with Crippen LogP contribution in [0.2, 0.25) is 5.02 Å². The summed E-state index contributed by atoms with van der Waals surface area (Å²) in [6.45, 7) is 0. The molecule has 27 heavy (non-hydrogen) atoms. The van der Waals surface area contributed by atoms with Crippen LogP contribution >= 0.6 is 11.6 Å². The number of benzene rings is 3. The van der Waals surface area contributed by atoms with Crippen molar-refractivity contribution in [3.63, 3.8) is 0 Å². The molecule has 1 aromatic heterocycles. The quantitative estimate of drug-likeness (QED) is 0.427. The van der Waals surface area contributed by atoms with Gasteiger partial charge in [-0.25, -0.2) is 0 Å². The minimum atomic E-state index is -0.649. The van der Waals surface area contributed by atoms with Crippen molar-refractivity contribution in [1.82, 2.24) is 4.98 Å². The van der Waals surface area contributed by atoms with Gasteiger partial charge in [0.25, 0.3) is 0 Å². The third kappa shape index (κ3) is 3.32. The van der Waals surface area contributed by atoms with E-state index in [4.69, 9.17) is 11.6 Å². The van der Waals surface area contributed by atoms with Crippen LogP contribution in [-0.4, -0.2) is 4.98 Å². The molecule has 0 aliphatic heterocycles. The molecule has 0 atom stereocenters. The monoisotopic (exact) mass is 370 g/mol. The van der Waals surface area contributed by atoms with E-state index in [1.165, 1.54) is 0 Å². The Hall–Kier alpha value is -3.10. The standard InChI is InChI=1S/C24H19ClN2/c25-23-16-8-7-15-22(23)24(19-10-3-1-4-11-19,20-12-5-2-6-13-20)27-21-14-9-17-26-18-21/h1-18,27H. The molecule has 0 saturated carbocycles. The average molecular weight is 371 g/mol. The third-order valence-electron chi connectivity index (χ3n) is 4.68. The highest BCUT2D eigenvalue weighted by molar-refractivity contribution is 6.31. The fourth-order valence-corrected chi connectivity index (χ4v) is 3.76.